The zero-order chi connectivity index (χ0) is 13.7. The predicted octanol–water partition coefficient (Wildman–Crippen LogP) is 2.28. The van der Waals surface area contributed by atoms with E-state index < -0.39 is 0 Å². The van der Waals surface area contributed by atoms with Crippen LogP contribution >= 0.6 is 0 Å². The zero-order valence-electron chi connectivity index (χ0n) is 12.0. The summed E-state index contributed by atoms with van der Waals surface area (Å²) >= 11 is 0. The zero-order valence-corrected chi connectivity index (χ0v) is 12.0. The molecule has 1 saturated heterocycles. The summed E-state index contributed by atoms with van der Waals surface area (Å²) in [6.45, 7) is 5.96. The molecular formula is C16H23N3. The summed E-state index contributed by atoms with van der Waals surface area (Å²) in [5.74, 6) is 0. The van der Waals surface area contributed by atoms with Gasteiger partial charge in [-0.15, -0.1) is 0 Å². The van der Waals surface area contributed by atoms with Gasteiger partial charge in [0.25, 0.3) is 0 Å². The number of hydrogen-bond donors (Lipinski definition) is 0. The first kappa shape index (κ1) is 14.0. The average Bonchev–Trinajstić information content (AvgIpc) is 2.88. The molecule has 0 aliphatic carbocycles. The highest BCUT2D eigenvalue weighted by Crippen LogP contribution is 2.17. The fourth-order valence-electron chi connectivity index (χ4n) is 2.69. The van der Waals surface area contributed by atoms with Crippen molar-refractivity contribution in [1.29, 1.82) is 5.26 Å². The molecule has 1 atom stereocenters. The van der Waals surface area contributed by atoms with Crippen LogP contribution in [0, 0.1) is 11.3 Å². The Hall–Kier alpha value is -1.37. The number of hydrogen-bond acceptors (Lipinski definition) is 3. The minimum atomic E-state index is 0.531. The van der Waals surface area contributed by atoms with Gasteiger partial charge >= 0.3 is 0 Å². The molecule has 0 saturated carbocycles. The average molecular weight is 257 g/mol. The lowest BCUT2D eigenvalue weighted by molar-refractivity contribution is 0.249. The van der Waals surface area contributed by atoms with Crippen molar-refractivity contribution in [2.75, 3.05) is 26.7 Å². The Balaban J connectivity index is 1.86. The highest BCUT2D eigenvalue weighted by Gasteiger charge is 2.25. The minimum Gasteiger partial charge on any atom is -0.297 e. The number of likely N-dealkylation sites (N-methyl/N-ethyl adjacent to an activating group) is 1. The number of nitrogens with zero attached hydrogens (tertiary/aromatic N) is 3. The van der Waals surface area contributed by atoms with Crippen molar-refractivity contribution in [2.45, 2.75) is 32.4 Å². The van der Waals surface area contributed by atoms with Crippen LogP contribution in [0.2, 0.25) is 0 Å². The van der Waals surface area contributed by atoms with Crippen LogP contribution in [0.4, 0.5) is 0 Å². The number of benzene rings is 1. The molecule has 1 fully saturated rings. The van der Waals surface area contributed by atoms with Crippen molar-refractivity contribution < 1.29 is 0 Å². The molecule has 19 heavy (non-hydrogen) atoms. The van der Waals surface area contributed by atoms with Gasteiger partial charge < -0.3 is 0 Å². The minimum absolute atomic E-state index is 0.531. The van der Waals surface area contributed by atoms with Crippen LogP contribution in [0.3, 0.4) is 0 Å². The smallest absolute Gasteiger partial charge is 0.0866 e. The van der Waals surface area contributed by atoms with Crippen molar-refractivity contribution in [2.24, 2.45) is 0 Å². The molecule has 1 heterocycles. The third-order valence-corrected chi connectivity index (χ3v) is 4.03. The third-order valence-electron chi connectivity index (χ3n) is 4.03. The topological polar surface area (TPSA) is 30.3 Å². The molecule has 0 radical (unpaired) electrons. The van der Waals surface area contributed by atoms with Gasteiger partial charge in [0, 0.05) is 25.7 Å². The predicted molar refractivity (Wildman–Crippen MR) is 77.7 cm³/mol. The van der Waals surface area contributed by atoms with E-state index in [1.165, 1.54) is 17.5 Å². The first-order valence-electron chi connectivity index (χ1n) is 7.10. The molecule has 0 N–H and O–H groups in total. The number of nitriles is 1. The van der Waals surface area contributed by atoms with Crippen LogP contribution < -0.4 is 0 Å². The molecule has 0 spiro atoms. The lowest BCUT2D eigenvalue weighted by Gasteiger charge is -2.22. The highest BCUT2D eigenvalue weighted by molar-refractivity contribution is 5.22. The number of aryl methyl sites for hydroxylation is 1. The molecule has 1 aliphatic rings. The summed E-state index contributed by atoms with van der Waals surface area (Å²) < 4.78 is 0. The van der Waals surface area contributed by atoms with Crippen LogP contribution in [0.1, 0.15) is 24.5 Å². The summed E-state index contributed by atoms with van der Waals surface area (Å²) in [6.07, 6.45) is 2.27. The second kappa shape index (κ2) is 6.70. The van der Waals surface area contributed by atoms with E-state index in [1.54, 1.807) is 0 Å². The molecule has 0 bridgehead atoms. The Bertz CT molecular complexity index is 432. The largest absolute Gasteiger partial charge is 0.297 e. The van der Waals surface area contributed by atoms with Crippen molar-refractivity contribution in [3.8, 4) is 6.07 Å². The maximum atomic E-state index is 8.74. The molecule has 1 aromatic rings. The quantitative estimate of drug-likeness (QED) is 0.758. The highest BCUT2D eigenvalue weighted by atomic mass is 15.2. The van der Waals surface area contributed by atoms with Crippen LogP contribution in [0.25, 0.3) is 0 Å². The van der Waals surface area contributed by atoms with E-state index in [2.05, 4.69) is 47.1 Å². The van der Waals surface area contributed by atoms with Gasteiger partial charge in [-0.1, -0.05) is 31.2 Å². The lowest BCUT2D eigenvalue weighted by Crippen LogP contribution is -2.34. The maximum Gasteiger partial charge on any atom is 0.0866 e. The van der Waals surface area contributed by atoms with Gasteiger partial charge in [-0.2, -0.15) is 5.26 Å². The molecule has 1 aromatic carbocycles. The van der Waals surface area contributed by atoms with Gasteiger partial charge in [-0.05, 0) is 31.0 Å². The standard InChI is InChI=1S/C16H23N3/c1-3-14-4-6-15(7-5-14)12-19-10-8-16(13-19)18(2)11-9-17/h4-7,16H,3,8,10-13H2,1-2H3. The monoisotopic (exact) mass is 257 g/mol. The maximum absolute atomic E-state index is 8.74. The second-order valence-electron chi connectivity index (χ2n) is 5.42. The Morgan fingerprint density at radius 1 is 1.32 bits per heavy atom. The molecule has 102 valence electrons. The molecule has 1 unspecified atom stereocenters. The van der Waals surface area contributed by atoms with Crippen molar-refractivity contribution >= 4 is 0 Å². The van der Waals surface area contributed by atoms with Gasteiger partial charge in [0.2, 0.25) is 0 Å². The Morgan fingerprint density at radius 3 is 2.63 bits per heavy atom. The molecule has 0 amide bonds. The Labute approximate surface area is 116 Å². The third kappa shape index (κ3) is 3.79. The van der Waals surface area contributed by atoms with E-state index in [0.717, 1.165) is 26.1 Å². The second-order valence-corrected chi connectivity index (χ2v) is 5.42. The summed E-state index contributed by atoms with van der Waals surface area (Å²) in [5, 5.41) is 8.74. The fraction of sp³-hybridized carbons (Fsp3) is 0.562. The van der Waals surface area contributed by atoms with E-state index >= 15 is 0 Å². The summed E-state index contributed by atoms with van der Waals surface area (Å²) in [4.78, 5) is 4.65. The Morgan fingerprint density at radius 2 is 2.00 bits per heavy atom. The van der Waals surface area contributed by atoms with Crippen LogP contribution in [0.5, 0.6) is 0 Å². The fourth-order valence-corrected chi connectivity index (χ4v) is 2.69. The van der Waals surface area contributed by atoms with Crippen LogP contribution in [0.15, 0.2) is 24.3 Å². The van der Waals surface area contributed by atoms with E-state index in [9.17, 15) is 0 Å². The van der Waals surface area contributed by atoms with Gasteiger partial charge in [-0.25, -0.2) is 0 Å². The normalized spacial score (nSPS) is 19.8. The van der Waals surface area contributed by atoms with Crippen LogP contribution in [-0.2, 0) is 13.0 Å². The van der Waals surface area contributed by atoms with E-state index in [0.29, 0.717) is 12.6 Å². The number of rotatable bonds is 5. The lowest BCUT2D eigenvalue weighted by atomic mass is 10.1. The SMILES string of the molecule is CCc1ccc(CN2CCC(N(C)CC#N)C2)cc1. The van der Waals surface area contributed by atoms with Crippen LogP contribution in [-0.4, -0.2) is 42.5 Å². The molecular weight excluding hydrogens is 234 g/mol. The molecule has 1 aliphatic heterocycles. The Kier molecular flexibility index (Phi) is 4.95. The summed E-state index contributed by atoms with van der Waals surface area (Å²) in [7, 11) is 2.05. The molecule has 3 nitrogen and oxygen atoms in total. The van der Waals surface area contributed by atoms with E-state index in [-0.39, 0.29) is 0 Å². The van der Waals surface area contributed by atoms with E-state index in [1.807, 2.05) is 7.05 Å². The van der Waals surface area contributed by atoms with Gasteiger partial charge in [0.1, 0.15) is 0 Å². The van der Waals surface area contributed by atoms with E-state index in [4.69, 9.17) is 5.26 Å². The van der Waals surface area contributed by atoms with Gasteiger partial charge in [0.15, 0.2) is 0 Å². The van der Waals surface area contributed by atoms with Crippen molar-refractivity contribution in [1.82, 2.24) is 9.80 Å². The summed E-state index contributed by atoms with van der Waals surface area (Å²) in [6, 6.07) is 11.7. The van der Waals surface area contributed by atoms with Gasteiger partial charge in [-0.3, -0.25) is 9.80 Å². The molecule has 2 rings (SSSR count). The first-order valence-corrected chi connectivity index (χ1v) is 7.10. The number of likely N-dealkylation sites (tertiary alicyclic amines) is 1. The first-order chi connectivity index (χ1) is 9.22. The van der Waals surface area contributed by atoms with Crippen molar-refractivity contribution in [3.63, 3.8) is 0 Å². The summed E-state index contributed by atoms with van der Waals surface area (Å²) in [5.41, 5.74) is 2.79. The van der Waals surface area contributed by atoms with Gasteiger partial charge in [0.05, 0.1) is 12.6 Å². The van der Waals surface area contributed by atoms with Crippen molar-refractivity contribution in [3.05, 3.63) is 35.4 Å². The molecule has 0 aromatic heterocycles. The molecule has 3 heteroatoms.